The summed E-state index contributed by atoms with van der Waals surface area (Å²) in [7, 11) is 0. The molecule has 0 radical (unpaired) electrons. The summed E-state index contributed by atoms with van der Waals surface area (Å²) in [5.74, 6) is 1.10. The summed E-state index contributed by atoms with van der Waals surface area (Å²) in [4.78, 5) is 20.6. The van der Waals surface area contributed by atoms with Crippen molar-refractivity contribution in [1.29, 1.82) is 5.26 Å². The number of carbonyl (C=O) groups excluding carboxylic acids is 1. The van der Waals surface area contributed by atoms with Crippen LogP contribution in [-0.2, 0) is 4.79 Å². The summed E-state index contributed by atoms with van der Waals surface area (Å²) in [6, 6.07) is 6.50. The Bertz CT molecular complexity index is 563. The van der Waals surface area contributed by atoms with E-state index in [1.54, 1.807) is 13.1 Å². The lowest BCUT2D eigenvalue weighted by Gasteiger charge is -2.35. The average molecular weight is 284 g/mol. The van der Waals surface area contributed by atoms with Gasteiger partial charge >= 0.3 is 0 Å². The second-order valence-corrected chi connectivity index (χ2v) is 5.84. The number of hydrogen-bond acceptors (Lipinski definition) is 4. The minimum Gasteiger partial charge on any atom is -0.352 e. The molecule has 0 aliphatic carbocycles. The van der Waals surface area contributed by atoms with Crippen molar-refractivity contribution in [3.05, 3.63) is 23.9 Å². The quantitative estimate of drug-likeness (QED) is 0.832. The molecule has 0 spiro atoms. The summed E-state index contributed by atoms with van der Waals surface area (Å²) in [6.07, 6.45) is 6.04. The summed E-state index contributed by atoms with van der Waals surface area (Å²) in [5, 5.41) is 8.87. The van der Waals surface area contributed by atoms with Crippen molar-refractivity contribution in [2.75, 3.05) is 18.0 Å². The molecule has 1 aromatic heterocycles. The van der Waals surface area contributed by atoms with Crippen molar-refractivity contribution in [2.24, 2.45) is 0 Å². The van der Waals surface area contributed by atoms with E-state index in [1.807, 2.05) is 17.0 Å². The van der Waals surface area contributed by atoms with Gasteiger partial charge in [-0.05, 0) is 37.8 Å². The molecule has 2 atom stereocenters. The Hall–Kier alpha value is -2.09. The van der Waals surface area contributed by atoms with Gasteiger partial charge in [-0.2, -0.15) is 5.26 Å². The fraction of sp³-hybridized carbons (Fsp3) is 0.562. The monoisotopic (exact) mass is 284 g/mol. The Morgan fingerprint density at radius 2 is 2.05 bits per heavy atom. The molecule has 1 amide bonds. The first-order valence-electron chi connectivity index (χ1n) is 7.60. The Morgan fingerprint density at radius 3 is 2.71 bits per heavy atom. The van der Waals surface area contributed by atoms with E-state index in [0.717, 1.165) is 44.6 Å². The van der Waals surface area contributed by atoms with Crippen LogP contribution < -0.4 is 4.90 Å². The van der Waals surface area contributed by atoms with Gasteiger partial charge in [-0.1, -0.05) is 0 Å². The van der Waals surface area contributed by atoms with Crippen LogP contribution in [0, 0.1) is 11.3 Å². The van der Waals surface area contributed by atoms with Gasteiger partial charge in [-0.15, -0.1) is 0 Å². The number of nitrogens with zero attached hydrogens (tertiary/aromatic N) is 4. The summed E-state index contributed by atoms with van der Waals surface area (Å²) < 4.78 is 0. The predicted molar refractivity (Wildman–Crippen MR) is 79.7 cm³/mol. The number of hydrogen-bond donors (Lipinski definition) is 0. The highest BCUT2D eigenvalue weighted by Gasteiger charge is 2.39. The van der Waals surface area contributed by atoms with Crippen LogP contribution in [0.3, 0.4) is 0 Å². The summed E-state index contributed by atoms with van der Waals surface area (Å²) >= 11 is 0. The Balaban J connectivity index is 1.81. The third-order valence-corrected chi connectivity index (χ3v) is 4.62. The number of rotatable bonds is 2. The van der Waals surface area contributed by atoms with E-state index in [-0.39, 0.29) is 5.91 Å². The van der Waals surface area contributed by atoms with E-state index in [9.17, 15) is 4.79 Å². The van der Waals surface area contributed by atoms with Crippen molar-refractivity contribution in [3.8, 4) is 6.07 Å². The lowest BCUT2D eigenvalue weighted by molar-refractivity contribution is -0.129. The second kappa shape index (κ2) is 5.72. The molecular formula is C16H20N4O. The van der Waals surface area contributed by atoms with Gasteiger partial charge in [-0.3, -0.25) is 4.79 Å². The molecule has 3 heterocycles. The zero-order chi connectivity index (χ0) is 14.8. The first-order valence-corrected chi connectivity index (χ1v) is 7.60. The lowest BCUT2D eigenvalue weighted by atomic mass is 10.0. The highest BCUT2D eigenvalue weighted by atomic mass is 16.2. The number of aromatic nitrogens is 1. The molecule has 2 aliphatic rings. The minimum absolute atomic E-state index is 0.178. The van der Waals surface area contributed by atoms with Crippen LogP contribution in [0.15, 0.2) is 18.3 Å². The number of likely N-dealkylation sites (tertiary alicyclic amines) is 1. The van der Waals surface area contributed by atoms with E-state index in [2.05, 4.69) is 16.0 Å². The molecule has 0 N–H and O–H groups in total. The maximum atomic E-state index is 11.8. The second-order valence-electron chi connectivity index (χ2n) is 5.84. The fourth-order valence-electron chi connectivity index (χ4n) is 3.68. The van der Waals surface area contributed by atoms with Crippen LogP contribution in [-0.4, -0.2) is 41.0 Å². The molecular weight excluding hydrogens is 264 g/mol. The molecule has 5 nitrogen and oxygen atoms in total. The molecule has 2 unspecified atom stereocenters. The van der Waals surface area contributed by atoms with Crippen LogP contribution in [0.25, 0.3) is 0 Å². The molecule has 3 rings (SSSR count). The van der Waals surface area contributed by atoms with Crippen LogP contribution in [0.2, 0.25) is 0 Å². The first kappa shape index (κ1) is 13.9. The molecule has 2 fully saturated rings. The average Bonchev–Trinajstić information content (AvgIpc) is 3.15. The van der Waals surface area contributed by atoms with Crippen molar-refractivity contribution >= 4 is 11.7 Å². The smallest absolute Gasteiger partial charge is 0.219 e. The number of amides is 1. The van der Waals surface area contributed by atoms with E-state index in [1.165, 1.54) is 0 Å². The molecule has 21 heavy (non-hydrogen) atoms. The van der Waals surface area contributed by atoms with Crippen molar-refractivity contribution < 1.29 is 4.79 Å². The van der Waals surface area contributed by atoms with Crippen molar-refractivity contribution in [2.45, 2.75) is 44.7 Å². The number of pyridine rings is 1. The highest BCUT2D eigenvalue weighted by molar-refractivity contribution is 5.74. The molecule has 1 aromatic rings. The molecule has 2 saturated heterocycles. The third kappa shape index (κ3) is 2.58. The van der Waals surface area contributed by atoms with E-state index < -0.39 is 0 Å². The molecule has 0 saturated carbocycles. The van der Waals surface area contributed by atoms with Gasteiger partial charge in [0.25, 0.3) is 0 Å². The Kier molecular flexibility index (Phi) is 3.78. The third-order valence-electron chi connectivity index (χ3n) is 4.62. The summed E-state index contributed by atoms with van der Waals surface area (Å²) in [6.45, 7) is 3.52. The number of nitriles is 1. The molecule has 2 aliphatic heterocycles. The largest absolute Gasteiger partial charge is 0.352 e. The summed E-state index contributed by atoms with van der Waals surface area (Å²) in [5.41, 5.74) is 0.584. The van der Waals surface area contributed by atoms with E-state index in [0.29, 0.717) is 17.6 Å². The van der Waals surface area contributed by atoms with Gasteiger partial charge in [0, 0.05) is 26.2 Å². The molecule has 110 valence electrons. The maximum Gasteiger partial charge on any atom is 0.219 e. The van der Waals surface area contributed by atoms with Gasteiger partial charge in [-0.25, -0.2) is 4.98 Å². The van der Waals surface area contributed by atoms with Gasteiger partial charge in [0.2, 0.25) is 5.91 Å². The van der Waals surface area contributed by atoms with E-state index >= 15 is 0 Å². The van der Waals surface area contributed by atoms with Gasteiger partial charge in [0.05, 0.1) is 17.6 Å². The molecule has 0 aromatic carbocycles. The van der Waals surface area contributed by atoms with Gasteiger partial charge in [0.15, 0.2) is 0 Å². The SMILES string of the molecule is CC(=O)N1CCCC1C1CCCN1c1ccc(C#N)cn1. The lowest BCUT2D eigenvalue weighted by Crippen LogP contribution is -2.48. The van der Waals surface area contributed by atoms with Crippen molar-refractivity contribution in [3.63, 3.8) is 0 Å². The minimum atomic E-state index is 0.178. The van der Waals surface area contributed by atoms with Crippen LogP contribution >= 0.6 is 0 Å². The molecule has 0 bridgehead atoms. The standard InChI is InChI=1S/C16H20N4O/c1-12(21)19-8-2-4-14(19)15-5-3-9-20(15)16-7-6-13(10-17)11-18-16/h6-7,11,14-15H,2-5,8-9H2,1H3. The predicted octanol–water partition coefficient (Wildman–Crippen LogP) is 1.93. The highest BCUT2D eigenvalue weighted by Crippen LogP contribution is 2.32. The van der Waals surface area contributed by atoms with Gasteiger partial charge in [0.1, 0.15) is 11.9 Å². The molecule has 5 heteroatoms. The first-order chi connectivity index (χ1) is 10.2. The van der Waals surface area contributed by atoms with Gasteiger partial charge < -0.3 is 9.80 Å². The Labute approximate surface area is 125 Å². The van der Waals surface area contributed by atoms with Crippen molar-refractivity contribution in [1.82, 2.24) is 9.88 Å². The van der Waals surface area contributed by atoms with Crippen LogP contribution in [0.1, 0.15) is 38.2 Å². The Morgan fingerprint density at radius 1 is 1.29 bits per heavy atom. The van der Waals surface area contributed by atoms with E-state index in [4.69, 9.17) is 5.26 Å². The number of anilines is 1. The zero-order valence-corrected chi connectivity index (χ0v) is 12.3. The normalized spacial score (nSPS) is 25.1. The fourth-order valence-corrected chi connectivity index (χ4v) is 3.68. The topological polar surface area (TPSA) is 60.2 Å². The number of carbonyl (C=O) groups is 1. The van der Waals surface area contributed by atoms with Crippen LogP contribution in [0.5, 0.6) is 0 Å². The maximum absolute atomic E-state index is 11.8. The van der Waals surface area contributed by atoms with Crippen LogP contribution in [0.4, 0.5) is 5.82 Å². The zero-order valence-electron chi connectivity index (χ0n) is 12.3.